The van der Waals surface area contributed by atoms with E-state index < -0.39 is 0 Å². The summed E-state index contributed by atoms with van der Waals surface area (Å²) in [6.07, 6.45) is 7.96. The minimum absolute atomic E-state index is 0.0789. The van der Waals surface area contributed by atoms with Crippen LogP contribution >= 0.6 is 11.8 Å². The van der Waals surface area contributed by atoms with Crippen LogP contribution in [0.25, 0.3) is 0 Å². The number of nitrogens with zero attached hydrogens (tertiary/aromatic N) is 2. The van der Waals surface area contributed by atoms with E-state index in [0.717, 1.165) is 49.5 Å². The van der Waals surface area contributed by atoms with Crippen LogP contribution in [0.4, 0.5) is 0 Å². The molecule has 5 heteroatoms. The summed E-state index contributed by atoms with van der Waals surface area (Å²) in [7, 11) is 0. The Kier molecular flexibility index (Phi) is 5.01. The van der Waals surface area contributed by atoms with Crippen molar-refractivity contribution in [1.82, 2.24) is 9.55 Å². The first kappa shape index (κ1) is 15.1. The van der Waals surface area contributed by atoms with Gasteiger partial charge in [-0.2, -0.15) is 4.98 Å². The van der Waals surface area contributed by atoms with E-state index >= 15 is 0 Å². The van der Waals surface area contributed by atoms with Gasteiger partial charge in [0.15, 0.2) is 0 Å². The van der Waals surface area contributed by atoms with E-state index in [9.17, 15) is 4.79 Å². The van der Waals surface area contributed by atoms with E-state index in [2.05, 4.69) is 11.9 Å². The van der Waals surface area contributed by atoms with Gasteiger partial charge in [0.05, 0.1) is 12.6 Å². The Morgan fingerprint density at radius 1 is 1.33 bits per heavy atom. The highest BCUT2D eigenvalue weighted by atomic mass is 32.2. The minimum atomic E-state index is -0.0789. The van der Waals surface area contributed by atoms with Gasteiger partial charge in [0.25, 0.3) is 0 Å². The van der Waals surface area contributed by atoms with Crippen LogP contribution in [0.15, 0.2) is 9.82 Å². The van der Waals surface area contributed by atoms with Crippen LogP contribution in [0, 0.1) is 0 Å². The number of fused-ring (bicyclic) bond motifs is 1. The normalized spacial score (nSPS) is 21.5. The summed E-state index contributed by atoms with van der Waals surface area (Å²) < 4.78 is 7.61. The molecule has 1 aliphatic heterocycles. The molecule has 21 heavy (non-hydrogen) atoms. The molecule has 1 aliphatic carbocycles. The summed E-state index contributed by atoms with van der Waals surface area (Å²) in [5.41, 5.74) is 2.48. The highest BCUT2D eigenvalue weighted by molar-refractivity contribution is 7.99. The molecule has 1 aromatic rings. The maximum absolute atomic E-state index is 12.4. The van der Waals surface area contributed by atoms with Crippen LogP contribution in [0.3, 0.4) is 0 Å². The van der Waals surface area contributed by atoms with Crippen molar-refractivity contribution < 1.29 is 4.74 Å². The van der Waals surface area contributed by atoms with Gasteiger partial charge >= 0.3 is 5.69 Å². The molecule has 1 saturated heterocycles. The molecule has 0 bridgehead atoms. The van der Waals surface area contributed by atoms with E-state index in [0.29, 0.717) is 6.54 Å². The van der Waals surface area contributed by atoms with E-state index in [-0.39, 0.29) is 11.8 Å². The third kappa shape index (κ3) is 3.34. The minimum Gasteiger partial charge on any atom is -0.376 e. The first-order valence-electron chi connectivity index (χ1n) is 8.16. The molecule has 0 N–H and O–H groups in total. The van der Waals surface area contributed by atoms with Gasteiger partial charge in [-0.1, -0.05) is 6.92 Å². The fourth-order valence-corrected chi connectivity index (χ4v) is 4.18. The lowest BCUT2D eigenvalue weighted by atomic mass is 9.97. The second-order valence-electron chi connectivity index (χ2n) is 5.93. The van der Waals surface area contributed by atoms with Gasteiger partial charge < -0.3 is 4.74 Å². The number of ether oxygens (including phenoxy) is 1. The highest BCUT2D eigenvalue weighted by Crippen LogP contribution is 2.29. The summed E-state index contributed by atoms with van der Waals surface area (Å²) >= 11 is 1.74. The number of hydrogen-bond donors (Lipinski definition) is 0. The number of aromatic nitrogens is 2. The van der Waals surface area contributed by atoms with Crippen molar-refractivity contribution in [2.75, 3.05) is 12.4 Å². The van der Waals surface area contributed by atoms with Crippen LogP contribution in [0.1, 0.15) is 50.3 Å². The molecule has 0 spiro atoms. The molecule has 116 valence electrons. The molecule has 0 amide bonds. The van der Waals surface area contributed by atoms with Crippen molar-refractivity contribution in [2.45, 2.75) is 69.5 Å². The molecule has 1 fully saturated rings. The van der Waals surface area contributed by atoms with E-state index in [1.165, 1.54) is 24.1 Å². The third-order valence-electron chi connectivity index (χ3n) is 4.30. The Bertz CT molecular complexity index is 550. The van der Waals surface area contributed by atoms with Crippen LogP contribution in [0.2, 0.25) is 0 Å². The smallest absolute Gasteiger partial charge is 0.348 e. The molecule has 0 radical (unpaired) electrons. The summed E-state index contributed by atoms with van der Waals surface area (Å²) in [5, 5.41) is 0.986. The number of thioether (sulfide) groups is 1. The van der Waals surface area contributed by atoms with Gasteiger partial charge in [0.2, 0.25) is 0 Å². The molecule has 1 aromatic heterocycles. The summed E-state index contributed by atoms with van der Waals surface area (Å²) in [6.45, 7) is 3.68. The van der Waals surface area contributed by atoms with Crippen molar-refractivity contribution in [2.24, 2.45) is 0 Å². The first-order valence-corrected chi connectivity index (χ1v) is 9.15. The lowest BCUT2D eigenvalue weighted by Crippen LogP contribution is -2.33. The van der Waals surface area contributed by atoms with Crippen molar-refractivity contribution in [3.05, 3.63) is 21.7 Å². The monoisotopic (exact) mass is 308 g/mol. The SMILES string of the molecule is CCCSc1nc(=O)n(CC2CCCO2)c2c1CCCC2. The zero-order valence-corrected chi connectivity index (χ0v) is 13.6. The summed E-state index contributed by atoms with van der Waals surface area (Å²) in [6, 6.07) is 0. The quantitative estimate of drug-likeness (QED) is 0.620. The van der Waals surface area contributed by atoms with Crippen LogP contribution < -0.4 is 5.69 Å². The lowest BCUT2D eigenvalue weighted by Gasteiger charge is -2.24. The fourth-order valence-electron chi connectivity index (χ4n) is 3.25. The zero-order chi connectivity index (χ0) is 14.7. The van der Waals surface area contributed by atoms with Gasteiger partial charge in [-0.05, 0) is 50.7 Å². The molecular formula is C16H24N2O2S. The molecule has 0 aromatic carbocycles. The predicted octanol–water partition coefficient (Wildman–Crippen LogP) is 2.80. The Balaban J connectivity index is 1.93. The maximum Gasteiger partial charge on any atom is 0.348 e. The van der Waals surface area contributed by atoms with Crippen LogP contribution in [0.5, 0.6) is 0 Å². The molecule has 4 nitrogen and oxygen atoms in total. The Labute approximate surface area is 130 Å². The van der Waals surface area contributed by atoms with E-state index in [4.69, 9.17) is 4.74 Å². The highest BCUT2D eigenvalue weighted by Gasteiger charge is 2.23. The number of hydrogen-bond acceptors (Lipinski definition) is 4. The lowest BCUT2D eigenvalue weighted by molar-refractivity contribution is 0.0947. The Morgan fingerprint density at radius 2 is 2.19 bits per heavy atom. The Morgan fingerprint density at radius 3 is 2.95 bits per heavy atom. The average molecular weight is 308 g/mol. The van der Waals surface area contributed by atoms with Gasteiger partial charge in [0.1, 0.15) is 5.03 Å². The van der Waals surface area contributed by atoms with Gasteiger partial charge in [-0.15, -0.1) is 11.8 Å². The fraction of sp³-hybridized carbons (Fsp3) is 0.750. The second kappa shape index (κ2) is 6.97. The van der Waals surface area contributed by atoms with Crippen molar-refractivity contribution in [1.29, 1.82) is 0 Å². The van der Waals surface area contributed by atoms with Gasteiger partial charge in [-0.25, -0.2) is 4.79 Å². The van der Waals surface area contributed by atoms with Gasteiger partial charge in [0, 0.05) is 17.9 Å². The summed E-state index contributed by atoms with van der Waals surface area (Å²) in [4.78, 5) is 16.8. The third-order valence-corrected chi connectivity index (χ3v) is 5.53. The summed E-state index contributed by atoms with van der Waals surface area (Å²) in [5.74, 6) is 1.04. The van der Waals surface area contributed by atoms with Crippen molar-refractivity contribution in [3.63, 3.8) is 0 Å². The molecule has 1 atom stereocenters. The molecule has 2 heterocycles. The van der Waals surface area contributed by atoms with Gasteiger partial charge in [-0.3, -0.25) is 4.57 Å². The maximum atomic E-state index is 12.4. The topological polar surface area (TPSA) is 44.1 Å². The molecule has 2 aliphatic rings. The second-order valence-corrected chi connectivity index (χ2v) is 7.01. The molecule has 1 unspecified atom stereocenters. The average Bonchev–Trinajstić information content (AvgIpc) is 3.01. The molecular weight excluding hydrogens is 284 g/mol. The largest absolute Gasteiger partial charge is 0.376 e. The standard InChI is InChI=1S/C16H24N2O2S/c1-2-10-21-15-13-7-3-4-8-14(13)18(16(19)17-15)11-12-6-5-9-20-12/h12H,2-11H2,1H3. The Hall–Kier alpha value is -0.810. The van der Waals surface area contributed by atoms with Crippen molar-refractivity contribution >= 4 is 11.8 Å². The molecule has 0 saturated carbocycles. The van der Waals surface area contributed by atoms with E-state index in [1.54, 1.807) is 11.8 Å². The first-order chi connectivity index (χ1) is 10.3. The van der Waals surface area contributed by atoms with Crippen molar-refractivity contribution in [3.8, 4) is 0 Å². The van der Waals surface area contributed by atoms with Crippen LogP contribution in [-0.4, -0.2) is 28.0 Å². The zero-order valence-electron chi connectivity index (χ0n) is 12.8. The molecule has 3 rings (SSSR count). The van der Waals surface area contributed by atoms with E-state index in [1.807, 2.05) is 4.57 Å². The predicted molar refractivity (Wildman–Crippen MR) is 85.1 cm³/mol. The van der Waals surface area contributed by atoms with Crippen LogP contribution in [-0.2, 0) is 24.1 Å². The number of rotatable bonds is 5.